The summed E-state index contributed by atoms with van der Waals surface area (Å²) in [5, 5.41) is 3.29. The number of rotatable bonds is 5. The van der Waals surface area contributed by atoms with Gasteiger partial charge in [-0.05, 0) is 18.8 Å². The molecule has 6 nitrogen and oxygen atoms in total. The fourth-order valence-corrected chi connectivity index (χ4v) is 5.39. The maximum atomic E-state index is 12.4. The van der Waals surface area contributed by atoms with Crippen LogP contribution in [0.2, 0.25) is 0 Å². The highest BCUT2D eigenvalue weighted by Crippen LogP contribution is 2.28. The molecule has 0 spiro atoms. The number of sulfonamides is 1. The van der Waals surface area contributed by atoms with E-state index in [1.165, 1.54) is 0 Å². The first-order valence-electron chi connectivity index (χ1n) is 8.43. The summed E-state index contributed by atoms with van der Waals surface area (Å²) in [5.41, 5.74) is 0.299. The van der Waals surface area contributed by atoms with Crippen molar-refractivity contribution in [2.75, 3.05) is 56.5 Å². The molecule has 2 heterocycles. The summed E-state index contributed by atoms with van der Waals surface area (Å²) in [6.07, 6.45) is 1.14. The second-order valence-electron chi connectivity index (χ2n) is 6.90. The zero-order valence-electron chi connectivity index (χ0n) is 15.0. The van der Waals surface area contributed by atoms with E-state index >= 15 is 0 Å². The van der Waals surface area contributed by atoms with Crippen LogP contribution in [0.1, 0.15) is 27.2 Å². The molecule has 0 saturated carbocycles. The molecule has 0 aromatic carbocycles. The number of hydrogen-bond donors (Lipinski definition) is 1. The Hall–Kier alpha value is 0.260. The summed E-state index contributed by atoms with van der Waals surface area (Å²) >= 11 is 1.82. The van der Waals surface area contributed by atoms with Crippen molar-refractivity contribution in [3.05, 3.63) is 0 Å². The highest BCUT2D eigenvalue weighted by atomic mass is 127. The molecular weight excluding hydrogens is 459 g/mol. The Labute approximate surface area is 168 Å². The number of likely N-dealkylation sites (tertiary alicyclic amines) is 1. The van der Waals surface area contributed by atoms with Crippen LogP contribution in [0.3, 0.4) is 0 Å². The topological polar surface area (TPSA) is 65.0 Å². The average molecular weight is 490 g/mol. The molecule has 0 aromatic rings. The first-order chi connectivity index (χ1) is 10.8. The Morgan fingerprint density at radius 2 is 1.92 bits per heavy atom. The molecule has 1 N–H and O–H groups in total. The smallest absolute Gasteiger partial charge is 0.215 e. The lowest BCUT2D eigenvalue weighted by molar-refractivity contribution is 0.370. The minimum atomic E-state index is -3.17. The lowest BCUT2D eigenvalue weighted by atomic mass is 9.93. The Morgan fingerprint density at radius 3 is 2.46 bits per heavy atom. The third-order valence-corrected chi connectivity index (χ3v) is 7.08. The second kappa shape index (κ2) is 9.82. The van der Waals surface area contributed by atoms with Gasteiger partial charge in [0.1, 0.15) is 0 Å². The van der Waals surface area contributed by atoms with Crippen molar-refractivity contribution in [1.82, 2.24) is 14.5 Å². The van der Waals surface area contributed by atoms with Crippen LogP contribution in [-0.4, -0.2) is 80.1 Å². The lowest BCUT2D eigenvalue weighted by Crippen LogP contribution is -2.42. The Bertz CT molecular complexity index is 520. The van der Waals surface area contributed by atoms with Gasteiger partial charge in [-0.2, -0.15) is 11.8 Å². The van der Waals surface area contributed by atoms with E-state index in [9.17, 15) is 8.42 Å². The van der Waals surface area contributed by atoms with Gasteiger partial charge in [-0.15, -0.1) is 24.0 Å². The van der Waals surface area contributed by atoms with Crippen molar-refractivity contribution < 1.29 is 8.42 Å². The number of halogens is 1. The van der Waals surface area contributed by atoms with E-state index in [4.69, 9.17) is 0 Å². The van der Waals surface area contributed by atoms with E-state index in [-0.39, 0.29) is 29.7 Å². The predicted molar refractivity (Wildman–Crippen MR) is 114 cm³/mol. The zero-order chi connectivity index (χ0) is 16.9. The van der Waals surface area contributed by atoms with Crippen LogP contribution in [0.5, 0.6) is 0 Å². The molecule has 0 bridgehead atoms. The number of guanidine groups is 1. The minimum absolute atomic E-state index is 0. The molecular formula is C15H31IN4O2S2. The maximum Gasteiger partial charge on any atom is 0.215 e. The predicted octanol–water partition coefficient (Wildman–Crippen LogP) is 1.68. The van der Waals surface area contributed by atoms with Gasteiger partial charge in [0.2, 0.25) is 10.0 Å². The molecule has 2 fully saturated rings. The summed E-state index contributed by atoms with van der Waals surface area (Å²) in [6.45, 7) is 10.9. The summed E-state index contributed by atoms with van der Waals surface area (Å²) < 4.78 is 26.3. The van der Waals surface area contributed by atoms with Crippen LogP contribution < -0.4 is 5.32 Å². The van der Waals surface area contributed by atoms with Gasteiger partial charge in [-0.25, -0.2) is 12.7 Å². The van der Waals surface area contributed by atoms with Gasteiger partial charge in [0.05, 0.1) is 12.3 Å². The van der Waals surface area contributed by atoms with Crippen molar-refractivity contribution in [2.45, 2.75) is 27.2 Å². The van der Waals surface area contributed by atoms with Crippen molar-refractivity contribution in [2.24, 2.45) is 10.4 Å². The van der Waals surface area contributed by atoms with Crippen molar-refractivity contribution in [3.63, 3.8) is 0 Å². The fraction of sp³-hybridized carbons (Fsp3) is 0.933. The van der Waals surface area contributed by atoms with Crippen LogP contribution >= 0.6 is 35.7 Å². The van der Waals surface area contributed by atoms with Gasteiger partial charge < -0.3 is 10.2 Å². The van der Waals surface area contributed by atoms with Crippen LogP contribution in [0.4, 0.5) is 0 Å². The lowest BCUT2D eigenvalue weighted by Gasteiger charge is -2.26. The van der Waals surface area contributed by atoms with Crippen LogP contribution in [0, 0.1) is 5.41 Å². The molecule has 2 saturated heterocycles. The molecule has 142 valence electrons. The van der Waals surface area contributed by atoms with E-state index in [1.54, 1.807) is 4.31 Å². The van der Waals surface area contributed by atoms with Crippen LogP contribution in [0.25, 0.3) is 0 Å². The third kappa shape index (κ3) is 6.53. The third-order valence-electron chi connectivity index (χ3n) is 4.29. The quantitative estimate of drug-likeness (QED) is 0.361. The molecule has 0 unspecified atom stereocenters. The van der Waals surface area contributed by atoms with E-state index < -0.39 is 10.0 Å². The number of aliphatic imine (C=N–C) groups is 1. The summed E-state index contributed by atoms with van der Waals surface area (Å²) in [7, 11) is -3.17. The minimum Gasteiger partial charge on any atom is -0.357 e. The number of nitrogens with one attached hydrogen (secondary N) is 1. The van der Waals surface area contributed by atoms with Crippen molar-refractivity contribution in [1.29, 1.82) is 0 Å². The molecule has 0 radical (unpaired) electrons. The van der Waals surface area contributed by atoms with Crippen LogP contribution in [-0.2, 0) is 10.0 Å². The largest absolute Gasteiger partial charge is 0.357 e. The SMILES string of the molecule is CCNC(=NCCS(=O)(=O)N1CCSCC1)N1CCC(C)(C)C1.I. The zero-order valence-corrected chi connectivity index (χ0v) is 18.9. The molecule has 9 heteroatoms. The summed E-state index contributed by atoms with van der Waals surface area (Å²) in [5.74, 6) is 2.74. The van der Waals surface area contributed by atoms with Crippen molar-refractivity contribution >= 4 is 51.7 Å². The van der Waals surface area contributed by atoms with E-state index in [0.717, 1.165) is 43.5 Å². The van der Waals surface area contributed by atoms with Gasteiger partial charge in [0.15, 0.2) is 5.96 Å². The molecule has 2 aliphatic heterocycles. The van der Waals surface area contributed by atoms with E-state index in [0.29, 0.717) is 25.0 Å². The summed E-state index contributed by atoms with van der Waals surface area (Å²) in [6, 6.07) is 0. The first-order valence-corrected chi connectivity index (χ1v) is 11.2. The summed E-state index contributed by atoms with van der Waals surface area (Å²) in [4.78, 5) is 6.81. The molecule has 2 rings (SSSR count). The number of hydrogen-bond acceptors (Lipinski definition) is 4. The van der Waals surface area contributed by atoms with Gasteiger partial charge in [0.25, 0.3) is 0 Å². The van der Waals surface area contributed by atoms with Gasteiger partial charge in [-0.3, -0.25) is 4.99 Å². The standard InChI is InChI=1S/C15H30N4O2S2.HI/c1-4-16-14(18-7-5-15(2,3)13-18)17-6-12-23(20,21)19-8-10-22-11-9-19;/h4-13H2,1-3H3,(H,16,17);1H. The van der Waals surface area contributed by atoms with Gasteiger partial charge in [0, 0.05) is 44.2 Å². The highest BCUT2D eigenvalue weighted by Gasteiger charge is 2.31. The normalized spacial score (nSPS) is 22.3. The fourth-order valence-electron chi connectivity index (χ4n) is 2.94. The maximum absolute atomic E-state index is 12.4. The highest BCUT2D eigenvalue weighted by molar-refractivity contribution is 14.0. The molecule has 0 aliphatic carbocycles. The molecule has 0 amide bonds. The Morgan fingerprint density at radius 1 is 1.25 bits per heavy atom. The van der Waals surface area contributed by atoms with Crippen molar-refractivity contribution in [3.8, 4) is 0 Å². The van der Waals surface area contributed by atoms with Gasteiger partial charge >= 0.3 is 0 Å². The molecule has 24 heavy (non-hydrogen) atoms. The van der Waals surface area contributed by atoms with Crippen LogP contribution in [0.15, 0.2) is 4.99 Å². The van der Waals surface area contributed by atoms with Gasteiger partial charge in [-0.1, -0.05) is 13.8 Å². The van der Waals surface area contributed by atoms with E-state index in [2.05, 4.69) is 29.1 Å². The Balaban J connectivity index is 0.00000288. The molecule has 0 aromatic heterocycles. The number of nitrogens with zero attached hydrogens (tertiary/aromatic N) is 3. The second-order valence-corrected chi connectivity index (χ2v) is 10.2. The first kappa shape index (κ1) is 22.3. The molecule has 2 aliphatic rings. The Kier molecular flexibility index (Phi) is 9.12. The monoisotopic (exact) mass is 490 g/mol. The van der Waals surface area contributed by atoms with E-state index in [1.807, 2.05) is 18.7 Å². The number of thioether (sulfide) groups is 1. The molecule has 0 atom stereocenters. The average Bonchev–Trinajstić information content (AvgIpc) is 2.87.